The van der Waals surface area contributed by atoms with Crippen LogP contribution in [0.5, 0.6) is 0 Å². The molecule has 0 amide bonds. The molecule has 3 heteroatoms. The minimum atomic E-state index is -0.782. The zero-order valence-electron chi connectivity index (χ0n) is 9.53. The van der Waals surface area contributed by atoms with Crippen LogP contribution in [0.3, 0.4) is 0 Å². The minimum absolute atomic E-state index is 0.287. The van der Waals surface area contributed by atoms with Crippen molar-refractivity contribution in [2.75, 3.05) is 6.54 Å². The third-order valence-corrected chi connectivity index (χ3v) is 5.09. The van der Waals surface area contributed by atoms with Gasteiger partial charge < -0.3 is 10.8 Å². The summed E-state index contributed by atoms with van der Waals surface area (Å²) in [7, 11) is -0.782. The highest BCUT2D eigenvalue weighted by Crippen LogP contribution is 2.37. The van der Waals surface area contributed by atoms with Crippen molar-refractivity contribution >= 4 is 18.5 Å². The van der Waals surface area contributed by atoms with E-state index in [1.54, 1.807) is 0 Å². The Bertz CT molecular complexity index is 407. The lowest BCUT2D eigenvalue weighted by Crippen LogP contribution is -2.27. The largest absolute Gasteiger partial charge is 0.387 e. The first-order valence-corrected chi connectivity index (χ1v) is 7.01. The van der Waals surface area contributed by atoms with Crippen LogP contribution < -0.4 is 16.3 Å². The van der Waals surface area contributed by atoms with E-state index in [1.807, 2.05) is 36.4 Å². The van der Waals surface area contributed by atoms with Gasteiger partial charge in [-0.05, 0) is 18.5 Å². The number of nitrogens with two attached hydrogens (primary N) is 1. The number of hydrogen-bond donors (Lipinski definition) is 2. The Morgan fingerprint density at radius 1 is 0.882 bits per heavy atom. The quantitative estimate of drug-likeness (QED) is 0.800. The summed E-state index contributed by atoms with van der Waals surface area (Å²) < 4.78 is 0. The summed E-state index contributed by atoms with van der Waals surface area (Å²) in [5, 5.41) is 12.4. The minimum Gasteiger partial charge on any atom is -0.387 e. The lowest BCUT2D eigenvalue weighted by Gasteiger charge is -2.23. The van der Waals surface area contributed by atoms with E-state index in [1.165, 1.54) is 0 Å². The summed E-state index contributed by atoms with van der Waals surface area (Å²) in [5.74, 6) is -0.491. The third-order valence-electron chi connectivity index (χ3n) is 2.58. The topological polar surface area (TPSA) is 46.2 Å². The molecular weight excluding hydrogens is 229 g/mol. The van der Waals surface area contributed by atoms with Crippen molar-refractivity contribution in [3.63, 3.8) is 0 Å². The molecule has 0 saturated heterocycles. The SMILES string of the molecule is NCC(O)P(c1ccccc1)c1ccccc1. The Kier molecular flexibility index (Phi) is 4.27. The molecule has 0 spiro atoms. The van der Waals surface area contributed by atoms with Gasteiger partial charge in [-0.3, -0.25) is 0 Å². The van der Waals surface area contributed by atoms with Crippen molar-refractivity contribution in [3.8, 4) is 0 Å². The normalized spacial score (nSPS) is 12.6. The second-order valence-electron chi connectivity index (χ2n) is 3.76. The van der Waals surface area contributed by atoms with E-state index in [0.29, 0.717) is 0 Å². The van der Waals surface area contributed by atoms with Crippen LogP contribution in [0.25, 0.3) is 0 Å². The molecule has 0 aromatic heterocycles. The van der Waals surface area contributed by atoms with E-state index in [9.17, 15) is 5.11 Å². The van der Waals surface area contributed by atoms with Crippen LogP contribution in [0.1, 0.15) is 0 Å². The van der Waals surface area contributed by atoms with Gasteiger partial charge in [0, 0.05) is 6.54 Å². The molecular formula is C14H16NOP. The van der Waals surface area contributed by atoms with Crippen LogP contribution >= 0.6 is 7.92 Å². The summed E-state index contributed by atoms with van der Waals surface area (Å²) in [6.07, 6.45) is 0. The monoisotopic (exact) mass is 245 g/mol. The highest BCUT2D eigenvalue weighted by atomic mass is 31.1. The number of benzene rings is 2. The summed E-state index contributed by atoms with van der Waals surface area (Å²) in [5.41, 5.74) is 5.61. The van der Waals surface area contributed by atoms with E-state index in [-0.39, 0.29) is 6.54 Å². The molecule has 0 radical (unpaired) electrons. The van der Waals surface area contributed by atoms with Crippen LogP contribution in [0.2, 0.25) is 0 Å². The van der Waals surface area contributed by atoms with Gasteiger partial charge in [-0.2, -0.15) is 0 Å². The van der Waals surface area contributed by atoms with E-state index in [4.69, 9.17) is 5.73 Å². The molecule has 1 atom stereocenters. The highest BCUT2D eigenvalue weighted by Gasteiger charge is 2.20. The predicted octanol–water partition coefficient (Wildman–Crippen LogP) is 1.40. The van der Waals surface area contributed by atoms with Crippen LogP contribution in [0.15, 0.2) is 60.7 Å². The van der Waals surface area contributed by atoms with Gasteiger partial charge in [-0.1, -0.05) is 60.7 Å². The average Bonchev–Trinajstić information content (AvgIpc) is 2.41. The number of rotatable bonds is 4. The summed E-state index contributed by atoms with van der Waals surface area (Å²) in [4.78, 5) is 0. The molecule has 0 aliphatic carbocycles. The lowest BCUT2D eigenvalue weighted by atomic mass is 10.4. The number of aliphatic hydroxyl groups excluding tert-OH is 1. The zero-order valence-corrected chi connectivity index (χ0v) is 10.4. The van der Waals surface area contributed by atoms with E-state index in [0.717, 1.165) is 10.6 Å². The molecule has 1 unspecified atom stereocenters. The van der Waals surface area contributed by atoms with Crippen molar-refractivity contribution in [3.05, 3.63) is 60.7 Å². The van der Waals surface area contributed by atoms with Gasteiger partial charge in [0.1, 0.15) is 0 Å². The van der Waals surface area contributed by atoms with Crippen LogP contribution in [-0.2, 0) is 0 Å². The number of aliphatic hydroxyl groups is 1. The van der Waals surface area contributed by atoms with Crippen molar-refractivity contribution in [2.24, 2.45) is 5.73 Å². The highest BCUT2D eigenvalue weighted by molar-refractivity contribution is 7.73. The molecule has 2 aromatic carbocycles. The maximum absolute atomic E-state index is 10.1. The Balaban J connectivity index is 2.39. The lowest BCUT2D eigenvalue weighted by molar-refractivity contribution is 0.267. The molecule has 0 heterocycles. The molecule has 3 N–H and O–H groups in total. The summed E-state index contributed by atoms with van der Waals surface area (Å²) in [6.45, 7) is 0.287. The second-order valence-corrected chi connectivity index (χ2v) is 6.13. The van der Waals surface area contributed by atoms with Crippen molar-refractivity contribution in [2.45, 2.75) is 5.85 Å². The Hall–Kier alpha value is -1.21. The maximum atomic E-state index is 10.1. The molecule has 17 heavy (non-hydrogen) atoms. The van der Waals surface area contributed by atoms with E-state index in [2.05, 4.69) is 24.3 Å². The van der Waals surface area contributed by atoms with Crippen LogP contribution in [0, 0.1) is 0 Å². The fourth-order valence-corrected chi connectivity index (χ4v) is 3.96. The summed E-state index contributed by atoms with van der Waals surface area (Å²) >= 11 is 0. The zero-order chi connectivity index (χ0) is 12.1. The Morgan fingerprint density at radius 3 is 1.65 bits per heavy atom. The van der Waals surface area contributed by atoms with Gasteiger partial charge in [0.25, 0.3) is 0 Å². The Labute approximate surface area is 103 Å². The molecule has 2 aromatic rings. The molecule has 0 aliphatic rings. The predicted molar refractivity (Wildman–Crippen MR) is 74.1 cm³/mol. The molecule has 0 aliphatic heterocycles. The van der Waals surface area contributed by atoms with Gasteiger partial charge >= 0.3 is 0 Å². The standard InChI is InChI=1S/C14H16NOP/c15-11-14(16)17(12-7-3-1-4-8-12)13-9-5-2-6-10-13/h1-10,14,16H,11,15H2. The Morgan fingerprint density at radius 2 is 1.29 bits per heavy atom. The molecule has 88 valence electrons. The van der Waals surface area contributed by atoms with Gasteiger partial charge in [0.2, 0.25) is 0 Å². The summed E-state index contributed by atoms with van der Waals surface area (Å²) in [6, 6.07) is 20.2. The van der Waals surface area contributed by atoms with E-state index >= 15 is 0 Å². The van der Waals surface area contributed by atoms with Crippen LogP contribution in [0.4, 0.5) is 0 Å². The van der Waals surface area contributed by atoms with Crippen molar-refractivity contribution in [1.82, 2.24) is 0 Å². The molecule has 0 saturated carbocycles. The van der Waals surface area contributed by atoms with E-state index < -0.39 is 13.8 Å². The molecule has 0 bridgehead atoms. The molecule has 2 nitrogen and oxygen atoms in total. The first-order valence-electron chi connectivity index (χ1n) is 5.60. The fraction of sp³-hybridized carbons (Fsp3) is 0.143. The van der Waals surface area contributed by atoms with Gasteiger partial charge in [0.15, 0.2) is 0 Å². The van der Waals surface area contributed by atoms with Crippen LogP contribution in [-0.4, -0.2) is 17.5 Å². The molecule has 2 rings (SSSR count). The van der Waals surface area contributed by atoms with Gasteiger partial charge in [0.05, 0.1) is 5.85 Å². The fourth-order valence-electron chi connectivity index (χ4n) is 1.78. The van der Waals surface area contributed by atoms with Gasteiger partial charge in [-0.15, -0.1) is 0 Å². The van der Waals surface area contributed by atoms with Crippen molar-refractivity contribution in [1.29, 1.82) is 0 Å². The second kappa shape index (κ2) is 5.92. The maximum Gasteiger partial charge on any atom is 0.0935 e. The van der Waals surface area contributed by atoms with Gasteiger partial charge in [-0.25, -0.2) is 0 Å². The third kappa shape index (κ3) is 2.92. The average molecular weight is 245 g/mol. The smallest absolute Gasteiger partial charge is 0.0935 e. The first kappa shape index (κ1) is 12.3. The van der Waals surface area contributed by atoms with Crippen molar-refractivity contribution < 1.29 is 5.11 Å². The number of hydrogen-bond acceptors (Lipinski definition) is 2. The molecule has 0 fully saturated rings. The first-order chi connectivity index (χ1) is 8.33.